The third kappa shape index (κ3) is 6.74. The second-order valence-corrected chi connectivity index (χ2v) is 12.7. The Hall–Kier alpha value is -3.96. The van der Waals surface area contributed by atoms with E-state index in [4.69, 9.17) is 25.8 Å². The summed E-state index contributed by atoms with van der Waals surface area (Å²) in [6.07, 6.45) is -0.303. The van der Waals surface area contributed by atoms with Crippen molar-refractivity contribution in [1.29, 1.82) is 0 Å². The quantitative estimate of drug-likeness (QED) is 0.233. The lowest BCUT2D eigenvalue weighted by Gasteiger charge is -2.33. The van der Waals surface area contributed by atoms with Crippen molar-refractivity contribution >= 4 is 44.8 Å². The summed E-state index contributed by atoms with van der Waals surface area (Å²) in [5, 5.41) is 9.13. The Morgan fingerprint density at radius 3 is 2.48 bits per heavy atom. The Morgan fingerprint density at radius 1 is 1.12 bits per heavy atom. The summed E-state index contributed by atoms with van der Waals surface area (Å²) in [5.74, 6) is -1.14. The van der Waals surface area contributed by atoms with E-state index in [1.54, 1.807) is 20.1 Å². The number of aryl methyl sites for hydroxylation is 1. The van der Waals surface area contributed by atoms with Gasteiger partial charge >= 0.3 is 5.97 Å². The van der Waals surface area contributed by atoms with Crippen LogP contribution in [0.15, 0.2) is 59.5 Å². The number of methoxy groups -OCH3 is 1. The molecule has 12 heteroatoms. The Kier molecular flexibility index (Phi) is 9.22. The van der Waals surface area contributed by atoms with Crippen LogP contribution in [0.1, 0.15) is 29.8 Å². The lowest BCUT2D eigenvalue weighted by atomic mass is 10.1. The third-order valence-corrected chi connectivity index (χ3v) is 8.87. The molecule has 0 saturated carbocycles. The average Bonchev–Trinajstić information content (AvgIpc) is 2.93. The highest BCUT2D eigenvalue weighted by atomic mass is 35.5. The van der Waals surface area contributed by atoms with Crippen LogP contribution in [0.25, 0.3) is 0 Å². The molecule has 1 N–H and O–H groups in total. The zero-order valence-electron chi connectivity index (χ0n) is 24.0. The molecule has 0 amide bonds. The van der Waals surface area contributed by atoms with E-state index in [-0.39, 0.29) is 46.3 Å². The first kappa shape index (κ1) is 31.0. The Balaban J connectivity index is 1.57. The fraction of sp³-hybridized carbons (Fsp3) is 0.333. The molecule has 3 aromatic carbocycles. The highest BCUT2D eigenvalue weighted by molar-refractivity contribution is 7.93. The van der Waals surface area contributed by atoms with Crippen LogP contribution in [-0.4, -0.2) is 65.2 Å². The highest BCUT2D eigenvalue weighted by Gasteiger charge is 2.30. The molecule has 1 aliphatic heterocycles. The molecule has 0 saturated heterocycles. The van der Waals surface area contributed by atoms with E-state index in [0.717, 1.165) is 9.99 Å². The molecule has 0 radical (unpaired) electrons. The fourth-order valence-electron chi connectivity index (χ4n) is 4.66. The number of likely N-dealkylation sites (N-methyl/N-ethyl adjacent to an activating group) is 1. The van der Waals surface area contributed by atoms with Gasteiger partial charge in [-0.25, -0.2) is 13.2 Å². The van der Waals surface area contributed by atoms with Crippen LogP contribution < -0.4 is 23.4 Å². The van der Waals surface area contributed by atoms with E-state index in [2.05, 4.69) is 4.90 Å². The fourth-order valence-corrected chi connectivity index (χ4v) is 6.79. The van der Waals surface area contributed by atoms with Crippen molar-refractivity contribution < 1.29 is 37.3 Å². The van der Waals surface area contributed by atoms with Gasteiger partial charge in [0.2, 0.25) is 0 Å². The molecule has 0 unspecified atom stereocenters. The summed E-state index contributed by atoms with van der Waals surface area (Å²) >= 11 is 6.51. The molecular formula is C30H33ClN2O8S. The number of halogens is 1. The van der Waals surface area contributed by atoms with E-state index in [1.165, 1.54) is 30.3 Å². The van der Waals surface area contributed by atoms with Crippen molar-refractivity contribution in [3.8, 4) is 17.2 Å². The number of hydrogen-bond acceptors (Lipinski definition) is 8. The number of nitrogens with zero attached hydrogens (tertiary/aromatic N) is 2. The SMILES string of the molecule is COc1ccc2c(c1)O[C@H](COc1ccc(S(=O)(=O)N(CC(C)C)c3cc(C)cc(C(=O)C(=O)O)c3)c(Cl)c1)CN2C. The number of carbonyl (C=O) groups is 2. The van der Waals surface area contributed by atoms with Crippen LogP contribution in [0.4, 0.5) is 11.4 Å². The maximum Gasteiger partial charge on any atom is 0.377 e. The number of carbonyl (C=O) groups excluding carboxylic acids is 1. The topological polar surface area (TPSA) is 123 Å². The standard InChI is InChI=1S/C30H33ClN2O8S/c1-18(2)15-33(21-11-19(3)10-20(12-21)29(34)30(35)36)42(37,38)28-9-7-23(13-25(28)31)40-17-24-16-32(4)26-8-6-22(39-5)14-27(26)41-24/h6-14,18,24H,15-17H2,1-5H3,(H,35,36)/t24-/m0/s1. The van der Waals surface area contributed by atoms with E-state index >= 15 is 0 Å². The molecule has 3 aromatic rings. The Labute approximate surface area is 250 Å². The zero-order valence-corrected chi connectivity index (χ0v) is 25.5. The summed E-state index contributed by atoms with van der Waals surface area (Å²) in [5.41, 5.74) is 1.52. The van der Waals surface area contributed by atoms with Crippen molar-refractivity contribution in [2.24, 2.45) is 5.92 Å². The largest absolute Gasteiger partial charge is 0.497 e. The monoisotopic (exact) mass is 616 g/mol. The molecule has 1 heterocycles. The van der Waals surface area contributed by atoms with E-state index < -0.39 is 21.8 Å². The van der Waals surface area contributed by atoms with Crippen molar-refractivity contribution in [2.45, 2.75) is 31.8 Å². The smallest absolute Gasteiger partial charge is 0.377 e. The maximum atomic E-state index is 13.9. The van der Waals surface area contributed by atoms with E-state index in [9.17, 15) is 23.1 Å². The van der Waals surface area contributed by atoms with Crippen molar-refractivity contribution in [3.05, 3.63) is 70.7 Å². The molecule has 0 bridgehead atoms. The summed E-state index contributed by atoms with van der Waals surface area (Å²) in [6.45, 7) is 6.18. The third-order valence-electron chi connectivity index (χ3n) is 6.59. The first-order valence-electron chi connectivity index (χ1n) is 13.2. The summed E-state index contributed by atoms with van der Waals surface area (Å²) in [7, 11) is -0.675. The van der Waals surface area contributed by atoms with Gasteiger partial charge in [0, 0.05) is 31.3 Å². The Bertz CT molecular complexity index is 1610. The van der Waals surface area contributed by atoms with Crippen LogP contribution in [0, 0.1) is 12.8 Å². The molecule has 224 valence electrons. The molecule has 10 nitrogen and oxygen atoms in total. The number of aliphatic carboxylic acids is 1. The number of sulfonamides is 1. The molecular weight excluding hydrogens is 584 g/mol. The highest BCUT2D eigenvalue weighted by Crippen LogP contribution is 2.36. The second kappa shape index (κ2) is 12.5. The zero-order chi connectivity index (χ0) is 30.8. The number of hydrogen-bond donors (Lipinski definition) is 1. The lowest BCUT2D eigenvalue weighted by Crippen LogP contribution is -2.41. The normalized spacial score (nSPS) is 14.6. The van der Waals surface area contributed by atoms with Crippen LogP contribution in [0.5, 0.6) is 17.2 Å². The predicted octanol–water partition coefficient (Wildman–Crippen LogP) is 5.05. The number of carboxylic acids is 1. The first-order chi connectivity index (χ1) is 19.8. The molecule has 4 rings (SSSR count). The van der Waals surface area contributed by atoms with Gasteiger partial charge in [0.1, 0.15) is 34.9 Å². The number of carboxylic acid groups (broad SMARTS) is 1. The number of fused-ring (bicyclic) bond motifs is 1. The predicted molar refractivity (Wildman–Crippen MR) is 160 cm³/mol. The van der Waals surface area contributed by atoms with Crippen molar-refractivity contribution in [1.82, 2.24) is 0 Å². The summed E-state index contributed by atoms with van der Waals surface area (Å²) in [6, 6.07) is 14.2. The summed E-state index contributed by atoms with van der Waals surface area (Å²) < 4.78 is 46.3. The minimum Gasteiger partial charge on any atom is -0.497 e. The van der Waals surface area contributed by atoms with Gasteiger partial charge in [0.05, 0.1) is 30.1 Å². The van der Waals surface area contributed by atoms with Crippen LogP contribution in [0.2, 0.25) is 5.02 Å². The van der Waals surface area contributed by atoms with E-state index in [0.29, 0.717) is 29.4 Å². The van der Waals surface area contributed by atoms with Crippen LogP contribution in [0.3, 0.4) is 0 Å². The van der Waals surface area contributed by atoms with Gasteiger partial charge in [0.25, 0.3) is 15.8 Å². The molecule has 0 aromatic heterocycles. The van der Waals surface area contributed by atoms with Gasteiger partial charge in [-0.15, -0.1) is 0 Å². The second-order valence-electron chi connectivity index (χ2n) is 10.5. The molecule has 0 fully saturated rings. The van der Waals surface area contributed by atoms with Crippen LogP contribution >= 0.6 is 11.6 Å². The minimum atomic E-state index is -4.21. The number of anilines is 2. The minimum absolute atomic E-state index is 0.0486. The number of ether oxygens (including phenoxy) is 3. The van der Waals surface area contributed by atoms with Crippen molar-refractivity contribution in [3.63, 3.8) is 0 Å². The molecule has 0 spiro atoms. The van der Waals surface area contributed by atoms with Gasteiger partial charge in [0.15, 0.2) is 0 Å². The lowest BCUT2D eigenvalue weighted by molar-refractivity contribution is -0.131. The summed E-state index contributed by atoms with van der Waals surface area (Å²) in [4.78, 5) is 25.4. The van der Waals surface area contributed by atoms with Gasteiger partial charge in [-0.3, -0.25) is 9.10 Å². The average molecular weight is 617 g/mol. The van der Waals surface area contributed by atoms with E-state index in [1.807, 2.05) is 39.1 Å². The first-order valence-corrected chi connectivity index (χ1v) is 15.0. The molecule has 42 heavy (non-hydrogen) atoms. The van der Waals surface area contributed by atoms with Gasteiger partial charge in [-0.2, -0.15) is 0 Å². The molecule has 1 atom stereocenters. The van der Waals surface area contributed by atoms with Gasteiger partial charge in [-0.05, 0) is 60.9 Å². The van der Waals surface area contributed by atoms with Crippen LogP contribution in [-0.2, 0) is 14.8 Å². The maximum absolute atomic E-state index is 13.9. The number of benzene rings is 3. The number of ketones is 1. The van der Waals surface area contributed by atoms with Crippen molar-refractivity contribution in [2.75, 3.05) is 43.1 Å². The Morgan fingerprint density at radius 2 is 1.83 bits per heavy atom. The van der Waals surface area contributed by atoms with Gasteiger partial charge in [-0.1, -0.05) is 25.4 Å². The number of rotatable bonds is 11. The van der Waals surface area contributed by atoms with Gasteiger partial charge < -0.3 is 24.2 Å². The molecule has 0 aliphatic carbocycles. The molecule has 1 aliphatic rings. The number of Topliss-reactive ketones (excluding diaryl/α,β-unsaturated/α-hetero) is 1.